The largest absolute Gasteiger partial charge is 0.456 e. The first-order valence-corrected chi connectivity index (χ1v) is 17.0. The van der Waals surface area contributed by atoms with Crippen molar-refractivity contribution in [3.8, 4) is 16.8 Å². The van der Waals surface area contributed by atoms with Gasteiger partial charge in [-0.2, -0.15) is 0 Å². The first kappa shape index (κ1) is 26.7. The Morgan fingerprint density at radius 2 is 1.24 bits per heavy atom. The van der Waals surface area contributed by atoms with E-state index < -0.39 is 0 Å². The molecule has 3 heteroatoms. The summed E-state index contributed by atoms with van der Waals surface area (Å²) in [7, 11) is 0. The van der Waals surface area contributed by atoms with Gasteiger partial charge in [-0.3, -0.25) is 0 Å². The van der Waals surface area contributed by atoms with Crippen molar-refractivity contribution in [2.75, 3.05) is 0 Å². The van der Waals surface area contributed by atoms with E-state index in [9.17, 15) is 0 Å². The summed E-state index contributed by atoms with van der Waals surface area (Å²) in [5.74, 6) is 0. The molecule has 0 saturated heterocycles. The zero-order valence-corrected chi connectivity index (χ0v) is 26.7. The van der Waals surface area contributed by atoms with Gasteiger partial charge in [0.05, 0.1) is 28.0 Å². The fraction of sp³-hybridized carbons (Fsp3) is 0.0435. The Hall–Kier alpha value is -6.32. The highest BCUT2D eigenvalue weighted by Gasteiger charge is 2.22. The minimum absolute atomic E-state index is 0.229. The number of hydrogen-bond donors (Lipinski definition) is 0. The van der Waals surface area contributed by atoms with Gasteiger partial charge in [0.1, 0.15) is 11.2 Å². The van der Waals surface area contributed by atoms with Gasteiger partial charge in [-0.1, -0.05) is 103 Å². The predicted molar refractivity (Wildman–Crippen MR) is 206 cm³/mol. The van der Waals surface area contributed by atoms with Crippen molar-refractivity contribution in [3.05, 3.63) is 164 Å². The van der Waals surface area contributed by atoms with Crippen LogP contribution in [0.4, 0.5) is 0 Å². The standard InChI is InChI=1S/C46H30N2O/c1-2-12-33(13-3-1)48-42-24-20-32(28-39(42)36-22-25-44-45(46(36)48)37-15-7-9-17-43(37)49-44)31-19-23-41-38(27-31)35-14-6-8-16-40(35)47(41)34-21-18-29-10-4-5-11-30(29)26-34/h1-12,14-28,33H,13H2. The first-order valence-electron chi connectivity index (χ1n) is 17.0. The Morgan fingerprint density at radius 1 is 0.510 bits per heavy atom. The van der Waals surface area contributed by atoms with Crippen LogP contribution < -0.4 is 0 Å². The molecule has 0 radical (unpaired) electrons. The fourth-order valence-electron chi connectivity index (χ4n) is 8.38. The van der Waals surface area contributed by atoms with Crippen LogP contribution in [0.25, 0.3) is 93.1 Å². The van der Waals surface area contributed by atoms with Gasteiger partial charge in [0, 0.05) is 38.1 Å². The molecule has 0 aliphatic heterocycles. The van der Waals surface area contributed by atoms with Gasteiger partial charge in [-0.15, -0.1) is 0 Å². The van der Waals surface area contributed by atoms with E-state index in [1.165, 1.54) is 76.6 Å². The lowest BCUT2D eigenvalue weighted by Crippen LogP contribution is -2.06. The first-order chi connectivity index (χ1) is 24.3. The fourth-order valence-corrected chi connectivity index (χ4v) is 8.38. The van der Waals surface area contributed by atoms with E-state index in [0.717, 1.165) is 23.0 Å². The lowest BCUT2D eigenvalue weighted by molar-refractivity contribution is 0.648. The summed E-state index contributed by atoms with van der Waals surface area (Å²) in [5, 5.41) is 9.90. The van der Waals surface area contributed by atoms with Crippen molar-refractivity contribution in [3.63, 3.8) is 0 Å². The van der Waals surface area contributed by atoms with E-state index in [1.807, 2.05) is 0 Å². The summed E-state index contributed by atoms with van der Waals surface area (Å²) in [6.45, 7) is 0. The van der Waals surface area contributed by atoms with Crippen LogP contribution in [-0.4, -0.2) is 9.13 Å². The lowest BCUT2D eigenvalue weighted by atomic mass is 10.00. The summed E-state index contributed by atoms with van der Waals surface area (Å²) in [6, 6.07) is 51.2. The number of rotatable bonds is 3. The number of allylic oxidation sites excluding steroid dienone is 4. The second-order valence-corrected chi connectivity index (χ2v) is 13.3. The van der Waals surface area contributed by atoms with Gasteiger partial charge in [0.25, 0.3) is 0 Å². The van der Waals surface area contributed by atoms with Crippen molar-refractivity contribution in [2.45, 2.75) is 12.5 Å². The molecule has 0 amide bonds. The molecular formula is C46H30N2O. The molecule has 0 fully saturated rings. The summed E-state index contributed by atoms with van der Waals surface area (Å²) in [6.07, 6.45) is 9.89. The van der Waals surface area contributed by atoms with E-state index in [2.05, 4.69) is 173 Å². The van der Waals surface area contributed by atoms with Gasteiger partial charge in [0.2, 0.25) is 0 Å². The van der Waals surface area contributed by atoms with Crippen molar-refractivity contribution in [1.29, 1.82) is 0 Å². The average molecular weight is 627 g/mol. The Bertz CT molecular complexity index is 3040. The molecular weight excluding hydrogens is 597 g/mol. The minimum Gasteiger partial charge on any atom is -0.456 e. The number of para-hydroxylation sites is 2. The second-order valence-electron chi connectivity index (χ2n) is 13.3. The van der Waals surface area contributed by atoms with E-state index in [4.69, 9.17) is 4.42 Å². The maximum Gasteiger partial charge on any atom is 0.137 e. The molecule has 49 heavy (non-hydrogen) atoms. The molecule has 3 nitrogen and oxygen atoms in total. The summed E-state index contributed by atoms with van der Waals surface area (Å²) in [4.78, 5) is 0. The number of hydrogen-bond acceptors (Lipinski definition) is 1. The highest BCUT2D eigenvalue weighted by Crippen LogP contribution is 2.43. The van der Waals surface area contributed by atoms with E-state index in [0.29, 0.717) is 0 Å². The third kappa shape index (κ3) is 3.84. The molecule has 0 bridgehead atoms. The van der Waals surface area contributed by atoms with Crippen molar-refractivity contribution < 1.29 is 4.42 Å². The molecule has 230 valence electrons. The lowest BCUT2D eigenvalue weighted by Gasteiger charge is -2.19. The van der Waals surface area contributed by atoms with Gasteiger partial charge in [0.15, 0.2) is 0 Å². The Labute approximate surface area is 282 Å². The van der Waals surface area contributed by atoms with Crippen LogP contribution in [0.2, 0.25) is 0 Å². The Balaban J connectivity index is 1.14. The molecule has 0 spiro atoms. The van der Waals surface area contributed by atoms with Crippen molar-refractivity contribution in [1.82, 2.24) is 9.13 Å². The number of fused-ring (bicyclic) bond motifs is 11. The minimum atomic E-state index is 0.229. The Kier molecular flexibility index (Phi) is 5.50. The van der Waals surface area contributed by atoms with E-state index in [1.54, 1.807) is 0 Å². The molecule has 10 aromatic rings. The second kappa shape index (κ2) is 10.1. The van der Waals surface area contributed by atoms with Crippen LogP contribution in [0.3, 0.4) is 0 Å². The zero-order valence-electron chi connectivity index (χ0n) is 26.7. The van der Waals surface area contributed by atoms with Crippen LogP contribution in [0.1, 0.15) is 12.5 Å². The van der Waals surface area contributed by atoms with Gasteiger partial charge in [-0.05, 0) is 89.0 Å². The summed E-state index contributed by atoms with van der Waals surface area (Å²) >= 11 is 0. The molecule has 1 atom stereocenters. The summed E-state index contributed by atoms with van der Waals surface area (Å²) < 4.78 is 11.3. The number of furan rings is 1. The van der Waals surface area contributed by atoms with Crippen LogP contribution >= 0.6 is 0 Å². The van der Waals surface area contributed by atoms with E-state index >= 15 is 0 Å². The zero-order chi connectivity index (χ0) is 32.1. The topological polar surface area (TPSA) is 23.0 Å². The van der Waals surface area contributed by atoms with Crippen LogP contribution in [-0.2, 0) is 0 Å². The maximum atomic E-state index is 6.38. The average Bonchev–Trinajstić information content (AvgIpc) is 3.82. The van der Waals surface area contributed by atoms with Crippen LogP contribution in [0, 0.1) is 0 Å². The van der Waals surface area contributed by atoms with Gasteiger partial charge in [-0.25, -0.2) is 0 Å². The van der Waals surface area contributed by atoms with Crippen molar-refractivity contribution >= 4 is 76.3 Å². The summed E-state index contributed by atoms with van der Waals surface area (Å²) in [5.41, 5.74) is 10.4. The molecule has 3 aromatic heterocycles. The van der Waals surface area contributed by atoms with E-state index in [-0.39, 0.29) is 6.04 Å². The molecule has 11 rings (SSSR count). The maximum absolute atomic E-state index is 6.38. The normalized spacial score (nSPS) is 14.9. The SMILES string of the molecule is C1=CCC(n2c3ccc(-c4ccc5c(c4)c4ccccc4n5-c4ccc5ccccc5c4)cc3c3ccc4oc5ccccc5c4c32)C=C1. The smallest absolute Gasteiger partial charge is 0.137 e. The van der Waals surface area contributed by atoms with Gasteiger partial charge >= 0.3 is 0 Å². The monoisotopic (exact) mass is 626 g/mol. The van der Waals surface area contributed by atoms with Gasteiger partial charge < -0.3 is 13.6 Å². The van der Waals surface area contributed by atoms with Crippen LogP contribution in [0.5, 0.6) is 0 Å². The molecule has 1 aliphatic carbocycles. The Morgan fingerprint density at radius 3 is 2.10 bits per heavy atom. The highest BCUT2D eigenvalue weighted by atomic mass is 16.3. The van der Waals surface area contributed by atoms with Crippen LogP contribution in [0.15, 0.2) is 168 Å². The molecule has 3 heterocycles. The number of aromatic nitrogens is 2. The predicted octanol–water partition coefficient (Wildman–Crippen LogP) is 12.7. The third-order valence-electron chi connectivity index (χ3n) is 10.6. The third-order valence-corrected chi connectivity index (χ3v) is 10.6. The molecule has 0 N–H and O–H groups in total. The molecule has 0 saturated carbocycles. The molecule has 7 aromatic carbocycles. The quantitative estimate of drug-likeness (QED) is 0.191. The molecule has 1 unspecified atom stereocenters. The highest BCUT2D eigenvalue weighted by molar-refractivity contribution is 6.24. The number of nitrogens with zero attached hydrogens (tertiary/aromatic N) is 2. The van der Waals surface area contributed by atoms with Crippen molar-refractivity contribution in [2.24, 2.45) is 0 Å². The molecule has 1 aliphatic rings. The number of benzene rings is 7.